The Labute approximate surface area is 177 Å². The Morgan fingerprint density at radius 3 is 2.70 bits per heavy atom. The quantitative estimate of drug-likeness (QED) is 0.734. The van der Waals surface area contributed by atoms with Crippen LogP contribution in [0.2, 0.25) is 0 Å². The number of nitrogens with zero attached hydrogens (tertiary/aromatic N) is 3. The van der Waals surface area contributed by atoms with Gasteiger partial charge in [-0.3, -0.25) is 9.59 Å². The fraction of sp³-hybridized carbons (Fsp3) is 0.500. The summed E-state index contributed by atoms with van der Waals surface area (Å²) in [6.45, 7) is 3.04. The fourth-order valence-electron chi connectivity index (χ4n) is 5.21. The van der Waals surface area contributed by atoms with E-state index in [9.17, 15) is 9.59 Å². The van der Waals surface area contributed by atoms with Crippen LogP contribution in [0.25, 0.3) is 10.9 Å². The van der Waals surface area contributed by atoms with Gasteiger partial charge in [0, 0.05) is 55.6 Å². The first kappa shape index (κ1) is 19.4. The van der Waals surface area contributed by atoms with Crippen molar-refractivity contribution in [3.05, 3.63) is 48.2 Å². The number of benzene rings is 1. The molecule has 2 aliphatic heterocycles. The number of amides is 2. The zero-order valence-electron chi connectivity index (χ0n) is 17.5. The molecule has 1 aliphatic carbocycles. The minimum absolute atomic E-state index is 0.0536. The number of hydrogen-bond acceptors (Lipinski definition) is 3. The molecule has 6 nitrogen and oxygen atoms in total. The van der Waals surface area contributed by atoms with Crippen LogP contribution in [0.4, 0.5) is 0 Å². The normalized spacial score (nSPS) is 24.4. The molecule has 30 heavy (non-hydrogen) atoms. The fourth-order valence-corrected chi connectivity index (χ4v) is 5.21. The molecule has 2 fully saturated rings. The number of allylic oxidation sites excluding steroid dienone is 2. The number of carbonyl (C=O) groups is 2. The van der Waals surface area contributed by atoms with Gasteiger partial charge in [0.05, 0.1) is 25.7 Å². The first-order chi connectivity index (χ1) is 14.6. The molecule has 2 atom stereocenters. The highest BCUT2D eigenvalue weighted by Gasteiger charge is 2.39. The van der Waals surface area contributed by atoms with E-state index in [1.807, 2.05) is 29.0 Å². The number of carbonyl (C=O) groups excluding carboxylic acids is 2. The lowest BCUT2D eigenvalue weighted by Gasteiger charge is -2.32. The van der Waals surface area contributed by atoms with E-state index < -0.39 is 0 Å². The molecule has 158 valence electrons. The van der Waals surface area contributed by atoms with E-state index in [-0.39, 0.29) is 29.7 Å². The molecule has 0 saturated carbocycles. The molecule has 0 radical (unpaired) electrons. The molecule has 1 aromatic carbocycles. The maximum Gasteiger partial charge on any atom is 0.227 e. The van der Waals surface area contributed by atoms with Crippen molar-refractivity contribution in [2.24, 2.45) is 18.9 Å². The first-order valence-electron chi connectivity index (χ1n) is 10.9. The molecule has 6 heteroatoms. The monoisotopic (exact) mass is 407 g/mol. The standard InChI is InChI=1S/C24H29N3O3/c1-25-13-19(21-8-4-5-9-22(21)25)10-23(28)26-11-17-12-27(20(14-26)16-30-15-17)24(29)18-6-2-3-7-18/h2-5,8-9,13,17-18,20H,6-7,10-12,14-16H2,1H3/t17-,20-/m0/s1. The zero-order chi connectivity index (χ0) is 20.7. The van der Waals surface area contributed by atoms with Crippen molar-refractivity contribution in [3.8, 4) is 0 Å². The van der Waals surface area contributed by atoms with Gasteiger partial charge in [-0.05, 0) is 24.5 Å². The van der Waals surface area contributed by atoms with Gasteiger partial charge in [0.25, 0.3) is 0 Å². The summed E-state index contributed by atoms with van der Waals surface area (Å²) in [5.41, 5.74) is 2.21. The van der Waals surface area contributed by atoms with Crippen LogP contribution >= 0.6 is 0 Å². The molecular formula is C24H29N3O3. The number of aryl methyl sites for hydroxylation is 1. The van der Waals surface area contributed by atoms with Crippen molar-refractivity contribution in [3.63, 3.8) is 0 Å². The summed E-state index contributed by atoms with van der Waals surface area (Å²) in [6, 6.07) is 8.15. The number of para-hydroxylation sites is 1. The number of fused-ring (bicyclic) bond motifs is 4. The maximum absolute atomic E-state index is 13.3. The summed E-state index contributed by atoms with van der Waals surface area (Å²) < 4.78 is 7.94. The van der Waals surface area contributed by atoms with Crippen LogP contribution in [0.15, 0.2) is 42.6 Å². The lowest BCUT2D eigenvalue weighted by Crippen LogP contribution is -2.49. The lowest BCUT2D eigenvalue weighted by atomic mass is 10.0. The topological polar surface area (TPSA) is 54.8 Å². The second kappa shape index (κ2) is 7.91. The van der Waals surface area contributed by atoms with Crippen LogP contribution in [0, 0.1) is 11.8 Å². The summed E-state index contributed by atoms with van der Waals surface area (Å²) in [7, 11) is 2.02. The average Bonchev–Trinajstić information content (AvgIpc) is 3.26. The number of rotatable bonds is 3. The van der Waals surface area contributed by atoms with Crippen molar-refractivity contribution >= 4 is 22.7 Å². The molecule has 1 aromatic heterocycles. The van der Waals surface area contributed by atoms with Crippen molar-refractivity contribution < 1.29 is 14.3 Å². The average molecular weight is 408 g/mol. The molecule has 2 saturated heterocycles. The molecule has 3 aliphatic rings. The maximum atomic E-state index is 13.3. The van der Waals surface area contributed by atoms with Crippen molar-refractivity contribution in [1.82, 2.24) is 14.4 Å². The molecule has 0 N–H and O–H groups in total. The SMILES string of the molecule is Cn1cc(CC(=O)N2C[C@@H]3COC[C@H](C2)N(C(=O)C2CC=CC2)C3)c2ccccc21. The Balaban J connectivity index is 1.34. The van der Waals surface area contributed by atoms with Gasteiger partial charge < -0.3 is 19.1 Å². The third-order valence-corrected chi connectivity index (χ3v) is 6.78. The van der Waals surface area contributed by atoms with Crippen LogP contribution in [0.5, 0.6) is 0 Å². The number of ether oxygens (including phenoxy) is 1. The second-order valence-corrected chi connectivity index (χ2v) is 8.95. The number of hydrogen-bond donors (Lipinski definition) is 0. The van der Waals surface area contributed by atoms with Crippen LogP contribution in [0.1, 0.15) is 18.4 Å². The lowest BCUT2D eigenvalue weighted by molar-refractivity contribution is -0.139. The summed E-state index contributed by atoms with van der Waals surface area (Å²) in [5, 5.41) is 1.14. The highest BCUT2D eigenvalue weighted by atomic mass is 16.5. The Morgan fingerprint density at radius 2 is 1.87 bits per heavy atom. The molecule has 0 unspecified atom stereocenters. The Morgan fingerprint density at radius 1 is 1.07 bits per heavy atom. The zero-order valence-corrected chi connectivity index (χ0v) is 17.5. The van der Waals surface area contributed by atoms with E-state index in [1.165, 1.54) is 0 Å². The van der Waals surface area contributed by atoms with Gasteiger partial charge in [0.1, 0.15) is 0 Å². The molecule has 2 amide bonds. The molecular weight excluding hydrogens is 378 g/mol. The minimum atomic E-state index is -0.0536. The van der Waals surface area contributed by atoms with E-state index in [1.54, 1.807) is 0 Å². The van der Waals surface area contributed by atoms with E-state index in [4.69, 9.17) is 4.74 Å². The first-order valence-corrected chi connectivity index (χ1v) is 10.9. The molecule has 2 aromatic rings. The molecule has 3 heterocycles. The van der Waals surface area contributed by atoms with Crippen LogP contribution in [-0.4, -0.2) is 65.1 Å². The van der Waals surface area contributed by atoms with Gasteiger partial charge in [0.15, 0.2) is 0 Å². The van der Waals surface area contributed by atoms with Crippen molar-refractivity contribution in [2.45, 2.75) is 25.3 Å². The molecule has 2 bridgehead atoms. The Hall–Kier alpha value is -2.60. The van der Waals surface area contributed by atoms with Gasteiger partial charge in [-0.2, -0.15) is 0 Å². The summed E-state index contributed by atoms with van der Waals surface area (Å²) in [5.74, 6) is 0.598. The van der Waals surface area contributed by atoms with E-state index in [0.717, 1.165) is 29.3 Å². The molecule has 5 rings (SSSR count). The van der Waals surface area contributed by atoms with E-state index >= 15 is 0 Å². The van der Waals surface area contributed by atoms with Crippen LogP contribution < -0.4 is 0 Å². The third kappa shape index (κ3) is 3.54. The molecule has 0 spiro atoms. The smallest absolute Gasteiger partial charge is 0.227 e. The highest BCUT2D eigenvalue weighted by Crippen LogP contribution is 2.27. The predicted molar refractivity (Wildman–Crippen MR) is 115 cm³/mol. The second-order valence-electron chi connectivity index (χ2n) is 8.95. The van der Waals surface area contributed by atoms with Gasteiger partial charge >= 0.3 is 0 Å². The highest BCUT2D eigenvalue weighted by molar-refractivity contribution is 5.89. The van der Waals surface area contributed by atoms with Gasteiger partial charge in [-0.15, -0.1) is 0 Å². The van der Waals surface area contributed by atoms with E-state index in [2.05, 4.69) is 35.0 Å². The van der Waals surface area contributed by atoms with Crippen molar-refractivity contribution in [1.29, 1.82) is 0 Å². The van der Waals surface area contributed by atoms with Crippen LogP contribution in [-0.2, 0) is 27.8 Å². The summed E-state index contributed by atoms with van der Waals surface area (Å²) >= 11 is 0. The Kier molecular flexibility index (Phi) is 5.11. The summed E-state index contributed by atoms with van der Waals surface area (Å²) in [6.07, 6.45) is 8.32. The van der Waals surface area contributed by atoms with Crippen molar-refractivity contribution in [2.75, 3.05) is 32.8 Å². The van der Waals surface area contributed by atoms with Gasteiger partial charge in [-0.1, -0.05) is 30.4 Å². The largest absolute Gasteiger partial charge is 0.379 e. The van der Waals surface area contributed by atoms with Crippen LogP contribution in [0.3, 0.4) is 0 Å². The third-order valence-electron chi connectivity index (χ3n) is 6.78. The van der Waals surface area contributed by atoms with Gasteiger partial charge in [0.2, 0.25) is 11.8 Å². The van der Waals surface area contributed by atoms with E-state index in [0.29, 0.717) is 39.3 Å². The number of aromatic nitrogens is 1. The Bertz CT molecular complexity index is 987. The van der Waals surface area contributed by atoms with Gasteiger partial charge in [-0.25, -0.2) is 0 Å². The minimum Gasteiger partial charge on any atom is -0.379 e. The summed E-state index contributed by atoms with van der Waals surface area (Å²) in [4.78, 5) is 30.4. The predicted octanol–water partition coefficient (Wildman–Crippen LogP) is 2.37.